The Balaban J connectivity index is 0. The molecule has 2 atom stereocenters. The first kappa shape index (κ1) is 12.7. The molecule has 0 aromatic heterocycles. The molecule has 0 bridgehead atoms. The number of carboxylic acid groups (broad SMARTS) is 1. The first-order valence-electron chi connectivity index (χ1n) is 3.06. The van der Waals surface area contributed by atoms with Crippen LogP contribution in [0.3, 0.4) is 0 Å². The molecule has 0 saturated carbocycles. The van der Waals surface area contributed by atoms with Crippen LogP contribution in [0.1, 0.15) is 20.3 Å². The van der Waals surface area contributed by atoms with E-state index in [1.807, 2.05) is 6.92 Å². The van der Waals surface area contributed by atoms with Crippen LogP contribution in [0.2, 0.25) is 0 Å². The van der Waals surface area contributed by atoms with Crippen molar-refractivity contribution >= 4 is 5.97 Å². The van der Waals surface area contributed by atoms with Crippen molar-refractivity contribution in [2.45, 2.75) is 26.3 Å². The standard InChI is InChI=1S/C6H13NO2.Li/c1-3-4(2)5(7)6(8)9;/h4-5H,3,7H2,1-2H3,(H,8,9);/q;+1/p-1/t4-,5-;/m0./s1. The van der Waals surface area contributed by atoms with Gasteiger partial charge in [0.1, 0.15) is 0 Å². The van der Waals surface area contributed by atoms with Crippen molar-refractivity contribution in [2.75, 3.05) is 0 Å². The summed E-state index contributed by atoms with van der Waals surface area (Å²) in [5, 5.41) is 10.1. The Labute approximate surface area is 73.2 Å². The fraction of sp³-hybridized carbons (Fsp3) is 0.833. The van der Waals surface area contributed by atoms with E-state index in [4.69, 9.17) is 5.73 Å². The number of nitrogens with two attached hydrogens (primary N) is 1. The second-order valence-corrected chi connectivity index (χ2v) is 2.23. The summed E-state index contributed by atoms with van der Waals surface area (Å²) < 4.78 is 0. The van der Waals surface area contributed by atoms with Gasteiger partial charge in [-0.25, -0.2) is 0 Å². The molecule has 54 valence electrons. The topological polar surface area (TPSA) is 66.2 Å². The van der Waals surface area contributed by atoms with Crippen LogP contribution in [-0.2, 0) is 4.79 Å². The molecule has 0 aliphatic heterocycles. The van der Waals surface area contributed by atoms with Gasteiger partial charge in [-0.15, -0.1) is 0 Å². The number of carbonyl (C=O) groups excluding carboxylic acids is 1. The number of carbonyl (C=O) groups is 1. The molecule has 0 spiro atoms. The Morgan fingerprint density at radius 3 is 2.20 bits per heavy atom. The molecular formula is C6H12LiNO2. The predicted molar refractivity (Wildman–Crippen MR) is 32.4 cm³/mol. The molecule has 0 heterocycles. The molecule has 10 heavy (non-hydrogen) atoms. The van der Waals surface area contributed by atoms with Crippen molar-refractivity contribution in [3.05, 3.63) is 0 Å². The van der Waals surface area contributed by atoms with Gasteiger partial charge >= 0.3 is 18.9 Å². The van der Waals surface area contributed by atoms with Crippen molar-refractivity contribution < 1.29 is 28.8 Å². The number of carboxylic acids is 1. The van der Waals surface area contributed by atoms with E-state index in [1.54, 1.807) is 6.92 Å². The van der Waals surface area contributed by atoms with Gasteiger partial charge in [0.2, 0.25) is 0 Å². The monoisotopic (exact) mass is 137 g/mol. The summed E-state index contributed by atoms with van der Waals surface area (Å²) in [5.74, 6) is -1.15. The van der Waals surface area contributed by atoms with Crippen molar-refractivity contribution in [3.63, 3.8) is 0 Å². The third kappa shape index (κ3) is 3.94. The summed E-state index contributed by atoms with van der Waals surface area (Å²) in [4.78, 5) is 10.1. The van der Waals surface area contributed by atoms with Crippen LogP contribution in [0.4, 0.5) is 0 Å². The van der Waals surface area contributed by atoms with Gasteiger partial charge in [-0.3, -0.25) is 0 Å². The van der Waals surface area contributed by atoms with Gasteiger partial charge in [-0.1, -0.05) is 20.3 Å². The van der Waals surface area contributed by atoms with E-state index in [0.29, 0.717) is 0 Å². The van der Waals surface area contributed by atoms with Crippen molar-refractivity contribution in [1.29, 1.82) is 0 Å². The van der Waals surface area contributed by atoms with Gasteiger partial charge in [-0.2, -0.15) is 0 Å². The average Bonchev–Trinajstić information content (AvgIpc) is 1.84. The molecule has 3 nitrogen and oxygen atoms in total. The van der Waals surface area contributed by atoms with Crippen LogP contribution in [0.25, 0.3) is 0 Å². The summed E-state index contributed by atoms with van der Waals surface area (Å²) in [6.45, 7) is 3.69. The molecule has 2 N–H and O–H groups in total. The van der Waals surface area contributed by atoms with E-state index in [1.165, 1.54) is 0 Å². The van der Waals surface area contributed by atoms with Gasteiger partial charge in [0, 0.05) is 6.04 Å². The minimum Gasteiger partial charge on any atom is -0.548 e. The minimum absolute atomic E-state index is 0. The third-order valence-electron chi connectivity index (χ3n) is 1.53. The van der Waals surface area contributed by atoms with Gasteiger partial charge in [-0.05, 0) is 5.92 Å². The van der Waals surface area contributed by atoms with Crippen molar-refractivity contribution in [3.8, 4) is 0 Å². The fourth-order valence-corrected chi connectivity index (χ4v) is 0.486. The Bertz CT molecular complexity index is 108. The van der Waals surface area contributed by atoms with Crippen LogP contribution < -0.4 is 29.7 Å². The molecule has 0 aliphatic rings. The summed E-state index contributed by atoms with van der Waals surface area (Å²) >= 11 is 0. The molecule has 4 heteroatoms. The van der Waals surface area contributed by atoms with Crippen LogP contribution in [0.15, 0.2) is 0 Å². The molecule has 0 amide bonds. The molecule has 0 aliphatic carbocycles. The Hall–Kier alpha value is 0.0274. The van der Waals surface area contributed by atoms with Crippen molar-refractivity contribution in [1.82, 2.24) is 0 Å². The van der Waals surface area contributed by atoms with Gasteiger partial charge in [0.25, 0.3) is 0 Å². The van der Waals surface area contributed by atoms with E-state index in [0.717, 1.165) is 6.42 Å². The van der Waals surface area contributed by atoms with Crippen LogP contribution in [0.5, 0.6) is 0 Å². The molecule has 0 rings (SSSR count). The van der Waals surface area contributed by atoms with E-state index in [2.05, 4.69) is 0 Å². The largest absolute Gasteiger partial charge is 1.00 e. The van der Waals surface area contributed by atoms with Gasteiger partial charge in [0.05, 0.1) is 5.97 Å². The van der Waals surface area contributed by atoms with Gasteiger partial charge in [0.15, 0.2) is 0 Å². The maximum atomic E-state index is 10.1. The molecule has 0 aromatic carbocycles. The molecule has 0 unspecified atom stereocenters. The molecule has 0 saturated heterocycles. The number of aliphatic carboxylic acids is 1. The van der Waals surface area contributed by atoms with E-state index in [-0.39, 0.29) is 24.8 Å². The Morgan fingerprint density at radius 1 is 1.70 bits per heavy atom. The Kier molecular flexibility index (Phi) is 7.34. The zero-order valence-corrected chi connectivity index (χ0v) is 6.76. The zero-order chi connectivity index (χ0) is 7.44. The maximum absolute atomic E-state index is 10.1. The van der Waals surface area contributed by atoms with E-state index >= 15 is 0 Å². The first-order valence-corrected chi connectivity index (χ1v) is 3.06. The summed E-state index contributed by atoms with van der Waals surface area (Å²) in [7, 11) is 0. The van der Waals surface area contributed by atoms with E-state index in [9.17, 15) is 9.90 Å². The minimum atomic E-state index is -1.16. The predicted octanol–water partition coefficient (Wildman–Crippen LogP) is -3.89. The SMILES string of the molecule is CC[C@H](C)[C@H](N)C(=O)[O-].[Li+]. The molecule has 0 aromatic rings. The third-order valence-corrected chi connectivity index (χ3v) is 1.53. The Morgan fingerprint density at radius 2 is 2.10 bits per heavy atom. The van der Waals surface area contributed by atoms with Crippen LogP contribution in [0, 0.1) is 5.92 Å². The molecule has 0 fully saturated rings. The first-order chi connectivity index (χ1) is 4.09. The summed E-state index contributed by atoms with van der Waals surface area (Å²) in [6.07, 6.45) is 0.773. The van der Waals surface area contributed by atoms with E-state index < -0.39 is 12.0 Å². The molecular weight excluding hydrogens is 125 g/mol. The number of hydrogen-bond acceptors (Lipinski definition) is 3. The second-order valence-electron chi connectivity index (χ2n) is 2.23. The normalized spacial score (nSPS) is 15.1. The number of hydrogen-bond donors (Lipinski definition) is 1. The van der Waals surface area contributed by atoms with Crippen LogP contribution in [-0.4, -0.2) is 12.0 Å². The average molecular weight is 137 g/mol. The maximum Gasteiger partial charge on any atom is 1.00 e. The number of rotatable bonds is 3. The summed E-state index contributed by atoms with van der Waals surface area (Å²) in [6, 6.07) is -0.810. The zero-order valence-electron chi connectivity index (χ0n) is 6.76. The van der Waals surface area contributed by atoms with Crippen LogP contribution >= 0.6 is 0 Å². The van der Waals surface area contributed by atoms with Gasteiger partial charge < -0.3 is 15.6 Å². The smallest absolute Gasteiger partial charge is 0.548 e. The quantitative estimate of drug-likeness (QED) is 0.404. The second kappa shape index (κ2) is 5.79. The van der Waals surface area contributed by atoms with Crippen molar-refractivity contribution in [2.24, 2.45) is 11.7 Å². The molecule has 0 radical (unpaired) electrons. The fourth-order valence-electron chi connectivity index (χ4n) is 0.486. The summed E-state index contributed by atoms with van der Waals surface area (Å²) in [5.41, 5.74) is 5.21.